The zero-order valence-electron chi connectivity index (χ0n) is 52.8. The monoisotopic (exact) mass is 1340 g/mol. The van der Waals surface area contributed by atoms with Gasteiger partial charge in [-0.3, -0.25) is 52.7 Å². The lowest BCUT2D eigenvalue weighted by molar-refractivity contribution is -0.347. The van der Waals surface area contributed by atoms with E-state index >= 15 is 4.79 Å². The van der Waals surface area contributed by atoms with Crippen LogP contribution in [0.2, 0.25) is 0 Å². The van der Waals surface area contributed by atoms with E-state index in [-0.39, 0.29) is 38.8 Å². The third kappa shape index (κ3) is 20.5. The number of carboxylic acids is 1. The summed E-state index contributed by atoms with van der Waals surface area (Å²) in [5.74, 6) is -13.0. The van der Waals surface area contributed by atoms with E-state index in [1.165, 1.54) is 27.7 Å². The number of carbonyl (C=O) groups excluding carboxylic acids is 10. The Morgan fingerprint density at radius 2 is 0.946 bits per heavy atom. The van der Waals surface area contributed by atoms with Crippen molar-refractivity contribution in [3.05, 3.63) is 0 Å². The molecule has 4 fully saturated rings. The molecular weight excluding hydrogens is 1250 g/mol. The summed E-state index contributed by atoms with van der Waals surface area (Å²) in [6, 6.07) is -17.1. The summed E-state index contributed by atoms with van der Waals surface area (Å²) in [5, 5.41) is 144. The van der Waals surface area contributed by atoms with Crippen molar-refractivity contribution < 1.29 is 133 Å². The van der Waals surface area contributed by atoms with Gasteiger partial charge >= 0.3 is 5.97 Å². The van der Waals surface area contributed by atoms with Crippen molar-refractivity contribution in [1.82, 2.24) is 52.3 Å². The summed E-state index contributed by atoms with van der Waals surface area (Å²) < 4.78 is 23.6. The number of nitrogens with zero attached hydrogens (tertiary/aromatic N) is 2. The Morgan fingerprint density at radius 1 is 0.527 bits per heavy atom. The topological polar surface area (TPSA) is 596 Å². The molecule has 0 aromatic rings. The SMILES string of the molecule is CC(=O)N[C@H]1[C@@H](O[C@H](C)[C@H](NC(=O)[C@@H]2CCCN2C(=O)[C@@H](NC(=O)[C@@H](NC(=O)[C@@H](NC(=O)[C@@H](NC(=O)[C@@H](N)[C@@H](C)O)[C@@H](C)O)[C@@H](C)O)C(C)C)[C@@H](C)O)C(=O)N2CCC[C@H]2C(=O)N[C@H](C(=O)NCC(=O)O)[C@@H](C)O)O[C@H](CO)[C@H](O)[C@@H]1O[C@H]1O[C@H](CO)[C@H](O)[C@H](O)[C@H]1O. The zero-order chi connectivity index (χ0) is 70.4. The summed E-state index contributed by atoms with van der Waals surface area (Å²) in [6.07, 6.45) is -26.6. The van der Waals surface area contributed by atoms with E-state index in [4.69, 9.17) is 29.8 Å². The molecule has 93 heavy (non-hydrogen) atoms. The third-order valence-electron chi connectivity index (χ3n) is 16.1. The van der Waals surface area contributed by atoms with Crippen LogP contribution in [-0.2, 0) is 71.7 Å². The first-order chi connectivity index (χ1) is 43.4. The van der Waals surface area contributed by atoms with Crippen molar-refractivity contribution >= 4 is 65.0 Å². The number of hydrogen-bond donors (Lipinski definition) is 21. The molecule has 10 amide bonds. The third-order valence-corrected chi connectivity index (χ3v) is 16.1. The molecule has 530 valence electrons. The van der Waals surface area contributed by atoms with Crippen molar-refractivity contribution in [2.24, 2.45) is 11.7 Å². The molecule has 0 unspecified atom stereocenters. The molecule has 4 aliphatic heterocycles. The molecule has 4 heterocycles. The number of nitrogens with one attached hydrogen (secondary N) is 8. The molecule has 0 bridgehead atoms. The molecule has 0 aromatic carbocycles. The van der Waals surface area contributed by atoms with Gasteiger partial charge < -0.3 is 138 Å². The smallest absolute Gasteiger partial charge is 0.322 e. The van der Waals surface area contributed by atoms with Gasteiger partial charge in [-0.15, -0.1) is 0 Å². The Labute approximate surface area is 533 Å². The van der Waals surface area contributed by atoms with Crippen molar-refractivity contribution in [2.45, 2.75) is 240 Å². The van der Waals surface area contributed by atoms with Crippen LogP contribution in [0, 0.1) is 5.92 Å². The van der Waals surface area contributed by atoms with Crippen LogP contribution < -0.4 is 48.3 Å². The van der Waals surface area contributed by atoms with Crippen molar-refractivity contribution in [2.75, 3.05) is 32.8 Å². The fraction of sp³-hybridized carbons (Fsp3) is 0.800. The second-order valence-electron chi connectivity index (χ2n) is 24.0. The van der Waals surface area contributed by atoms with Gasteiger partial charge in [0.25, 0.3) is 0 Å². The van der Waals surface area contributed by atoms with Crippen LogP contribution >= 0.6 is 0 Å². The van der Waals surface area contributed by atoms with E-state index in [1.54, 1.807) is 0 Å². The fourth-order valence-electron chi connectivity index (χ4n) is 10.8. The number of aliphatic carboxylic acids is 1. The minimum absolute atomic E-state index is 0.0902. The molecule has 38 heteroatoms. The van der Waals surface area contributed by atoms with Gasteiger partial charge in [0.2, 0.25) is 59.1 Å². The van der Waals surface area contributed by atoms with Crippen LogP contribution in [-0.4, -0.2) is 321 Å². The first kappa shape index (κ1) is 79.0. The largest absolute Gasteiger partial charge is 0.480 e. The molecule has 4 saturated heterocycles. The average molecular weight is 1340 g/mol. The van der Waals surface area contributed by atoms with Crippen LogP contribution in [0.5, 0.6) is 0 Å². The molecule has 0 radical (unpaired) electrons. The van der Waals surface area contributed by atoms with Gasteiger partial charge in [0.1, 0.15) is 110 Å². The van der Waals surface area contributed by atoms with Gasteiger partial charge in [0.15, 0.2) is 12.6 Å². The lowest BCUT2D eigenvalue weighted by Gasteiger charge is -2.48. The molecule has 0 aliphatic carbocycles. The van der Waals surface area contributed by atoms with E-state index in [1.807, 2.05) is 5.32 Å². The standard InChI is InChI=1S/C55H93N11O27/c1-19(2)33(59-50(86)36(23(6)72)62-51(87)35(22(5)71)61-47(83)32(56)20(3)69)49(85)63-37(24(7)73)52(88)65-14-10-13-28(65)46(82)64-38(53(89)66-15-11-12-27(66)45(81)60-34(21(4)70)48(84)57-16-31(75)76)25(8)90-54-39(58-26(9)74)44(41(78)30(18-68)91-54)93-55-43(80)42(79)40(77)29(17-67)92-55/h19-25,27-30,32-44,54-55,67-73,77-80H,10-18,56H2,1-9H3,(H,57,84)(H,58,74)(H,59,86)(H,60,81)(H,61,83)(H,62,87)(H,63,85)(H,64,82)(H,75,76)/t20-,21-,22-,23-,24-,25-,27+,28+,29-,30-,32+,33+,34+,35+,36+,37+,38+,39-,40+,41+,42+,43-,44-,54+,55-/m1/s1. The Balaban J connectivity index is 1.70. The van der Waals surface area contributed by atoms with Gasteiger partial charge in [0, 0.05) is 20.0 Å². The van der Waals surface area contributed by atoms with Crippen LogP contribution in [0.4, 0.5) is 0 Å². The Bertz CT molecular complexity index is 2600. The summed E-state index contributed by atoms with van der Waals surface area (Å²) in [4.78, 5) is 152. The number of ether oxygens (including phenoxy) is 4. The van der Waals surface area contributed by atoms with Crippen molar-refractivity contribution in [3.8, 4) is 0 Å². The van der Waals surface area contributed by atoms with Crippen molar-refractivity contribution in [3.63, 3.8) is 0 Å². The second kappa shape index (κ2) is 35.3. The van der Waals surface area contributed by atoms with E-state index in [2.05, 4.69) is 37.2 Å². The Morgan fingerprint density at radius 3 is 1.40 bits per heavy atom. The van der Waals surface area contributed by atoms with E-state index in [0.717, 1.165) is 44.4 Å². The summed E-state index contributed by atoms with van der Waals surface area (Å²) >= 11 is 0. The van der Waals surface area contributed by atoms with Crippen LogP contribution in [0.25, 0.3) is 0 Å². The summed E-state index contributed by atoms with van der Waals surface area (Å²) in [6.45, 7) is 7.54. The highest BCUT2D eigenvalue weighted by atomic mass is 16.7. The fourth-order valence-corrected chi connectivity index (χ4v) is 10.8. The van der Waals surface area contributed by atoms with E-state index in [9.17, 15) is 104 Å². The van der Waals surface area contributed by atoms with Crippen LogP contribution in [0.1, 0.15) is 88.0 Å². The molecule has 25 atom stereocenters. The average Bonchev–Trinajstić information content (AvgIpc) is 1.44. The van der Waals surface area contributed by atoms with Crippen LogP contribution in [0.15, 0.2) is 0 Å². The quantitative estimate of drug-likeness (QED) is 0.0306. The number of likely N-dealkylation sites (tertiary alicyclic amines) is 2. The van der Waals surface area contributed by atoms with E-state index < -0.39 is 243 Å². The number of rotatable bonds is 31. The second-order valence-corrected chi connectivity index (χ2v) is 24.0. The number of nitrogens with two attached hydrogens (primary N) is 1. The predicted octanol–water partition coefficient (Wildman–Crippen LogP) is -11.9. The van der Waals surface area contributed by atoms with Gasteiger partial charge in [-0.2, -0.15) is 0 Å². The number of aliphatic hydroxyl groups is 11. The highest BCUT2D eigenvalue weighted by molar-refractivity contribution is 5.99. The molecular formula is C55H93N11O27. The minimum Gasteiger partial charge on any atom is -0.480 e. The molecule has 0 saturated carbocycles. The Hall–Kier alpha value is -6.47. The number of carboxylic acid groups (broad SMARTS) is 1. The van der Waals surface area contributed by atoms with Gasteiger partial charge in [0.05, 0.1) is 49.8 Å². The van der Waals surface area contributed by atoms with Crippen molar-refractivity contribution in [1.29, 1.82) is 0 Å². The lowest BCUT2D eigenvalue weighted by Crippen LogP contribution is -2.69. The summed E-state index contributed by atoms with van der Waals surface area (Å²) in [7, 11) is 0. The number of carbonyl (C=O) groups is 11. The predicted molar refractivity (Wildman–Crippen MR) is 311 cm³/mol. The van der Waals surface area contributed by atoms with Gasteiger partial charge in [-0.05, 0) is 73.1 Å². The number of aliphatic hydroxyl groups excluding tert-OH is 11. The maximum Gasteiger partial charge on any atom is 0.322 e. The minimum atomic E-state index is -2.07. The normalized spacial score (nSPS) is 29.0. The highest BCUT2D eigenvalue weighted by Gasteiger charge is 2.54. The maximum absolute atomic E-state index is 15.2. The molecule has 4 aliphatic rings. The summed E-state index contributed by atoms with van der Waals surface area (Å²) in [5.41, 5.74) is 5.66. The molecule has 22 N–H and O–H groups in total. The molecule has 0 aromatic heterocycles. The number of amides is 10. The molecule has 0 spiro atoms. The van der Waals surface area contributed by atoms with Crippen LogP contribution in [0.3, 0.4) is 0 Å². The highest BCUT2D eigenvalue weighted by Crippen LogP contribution is 2.32. The number of hydrogen-bond acceptors (Lipinski definition) is 27. The molecule has 38 nitrogen and oxygen atoms in total. The molecule has 4 rings (SSSR count). The first-order valence-corrected chi connectivity index (χ1v) is 30.3. The maximum atomic E-state index is 15.2. The van der Waals surface area contributed by atoms with Gasteiger partial charge in [-0.25, -0.2) is 0 Å². The lowest BCUT2D eigenvalue weighted by atomic mass is 9.95. The zero-order valence-corrected chi connectivity index (χ0v) is 52.8. The first-order valence-electron chi connectivity index (χ1n) is 30.3. The Kier molecular flexibility index (Phi) is 30.0. The van der Waals surface area contributed by atoms with E-state index in [0.29, 0.717) is 0 Å². The van der Waals surface area contributed by atoms with Gasteiger partial charge in [-0.1, -0.05) is 13.8 Å².